The van der Waals surface area contributed by atoms with Gasteiger partial charge in [-0.1, -0.05) is 43.6 Å². The Morgan fingerprint density at radius 3 is 2.42 bits per heavy atom. The minimum Gasteiger partial charge on any atom is -0.493 e. The van der Waals surface area contributed by atoms with Crippen molar-refractivity contribution >= 4 is 15.9 Å². The Bertz CT molecular complexity index is 610. The van der Waals surface area contributed by atoms with Crippen LogP contribution in [-0.2, 0) is 4.74 Å². The van der Waals surface area contributed by atoms with Crippen LogP contribution in [0.1, 0.15) is 53.9 Å². The van der Waals surface area contributed by atoms with Crippen molar-refractivity contribution < 1.29 is 23.0 Å². The molecule has 0 saturated carbocycles. The first-order valence-electron chi connectivity index (χ1n) is 9.02. The van der Waals surface area contributed by atoms with Gasteiger partial charge in [0.2, 0.25) is 0 Å². The predicted octanol–water partition coefficient (Wildman–Crippen LogP) is 5.06. The van der Waals surface area contributed by atoms with E-state index < -0.39 is 28.2 Å². The molecule has 2 rings (SSSR count). The van der Waals surface area contributed by atoms with E-state index in [2.05, 4.69) is 21.2 Å². The van der Waals surface area contributed by atoms with Crippen molar-refractivity contribution in [3.05, 3.63) is 21.9 Å². The van der Waals surface area contributed by atoms with E-state index in [1.807, 2.05) is 20.8 Å². The molecule has 0 radical (unpaired) electrons. The molecule has 1 fully saturated rings. The molecular weight excluding hydrogens is 411 g/mol. The third kappa shape index (κ3) is 3.99. The summed E-state index contributed by atoms with van der Waals surface area (Å²) in [4.78, 5) is 0. The molecule has 0 aromatic carbocycles. The Labute approximate surface area is 162 Å². The van der Waals surface area contributed by atoms with Gasteiger partial charge in [-0.15, -0.1) is 0 Å². The molecule has 1 saturated heterocycles. The lowest BCUT2D eigenvalue weighted by atomic mass is 9.64. The summed E-state index contributed by atoms with van der Waals surface area (Å²) in [5, 5.41) is 13.7. The van der Waals surface area contributed by atoms with Gasteiger partial charge in [0, 0.05) is 15.9 Å². The van der Waals surface area contributed by atoms with Gasteiger partial charge in [0.05, 0.1) is 12.2 Å². The first kappa shape index (κ1) is 21.8. The molecular formula is C19H29BrF3NO2. The first-order chi connectivity index (χ1) is 11.7. The zero-order valence-corrected chi connectivity index (χ0v) is 17.6. The highest BCUT2D eigenvalue weighted by molar-refractivity contribution is 9.11. The van der Waals surface area contributed by atoms with Crippen molar-refractivity contribution in [3.8, 4) is 0 Å². The number of hydrogen-bond donors (Lipinski definition) is 2. The topological polar surface area (TPSA) is 41.5 Å². The second kappa shape index (κ2) is 7.13. The van der Waals surface area contributed by atoms with Crippen LogP contribution in [0.4, 0.5) is 13.2 Å². The first-order valence-corrected chi connectivity index (χ1v) is 9.81. The molecule has 2 N–H and O–H groups in total. The van der Waals surface area contributed by atoms with E-state index >= 15 is 0 Å². The van der Waals surface area contributed by atoms with E-state index in [-0.39, 0.29) is 22.9 Å². The van der Waals surface area contributed by atoms with Gasteiger partial charge < -0.3 is 15.2 Å². The maximum Gasteiger partial charge on any atom is 0.420 e. The molecule has 1 heterocycles. The summed E-state index contributed by atoms with van der Waals surface area (Å²) >= 11 is 3.20. The van der Waals surface area contributed by atoms with E-state index in [0.717, 1.165) is 6.54 Å². The number of nitrogens with one attached hydrogen (secondary N) is 1. The van der Waals surface area contributed by atoms with Crippen LogP contribution >= 0.6 is 15.9 Å². The van der Waals surface area contributed by atoms with E-state index in [1.54, 1.807) is 19.9 Å². The van der Waals surface area contributed by atoms with E-state index in [0.29, 0.717) is 19.3 Å². The molecule has 150 valence electrons. The molecule has 7 heteroatoms. The summed E-state index contributed by atoms with van der Waals surface area (Å²) in [6, 6.07) is -0.0177. The SMILES string of the molecule is CC1NCCC1(O)CCCOC1=CC(C)(C)C(C)(C)C(Br)=C1C(F)(F)F. The fraction of sp³-hybridized carbons (Fsp3) is 0.789. The lowest BCUT2D eigenvalue weighted by Crippen LogP contribution is -2.40. The van der Waals surface area contributed by atoms with Crippen LogP contribution in [-0.4, -0.2) is 36.1 Å². The smallest absolute Gasteiger partial charge is 0.420 e. The van der Waals surface area contributed by atoms with E-state index in [9.17, 15) is 18.3 Å². The average Bonchev–Trinajstić information content (AvgIpc) is 2.80. The van der Waals surface area contributed by atoms with Crippen molar-refractivity contribution in [1.82, 2.24) is 5.32 Å². The Morgan fingerprint density at radius 1 is 1.31 bits per heavy atom. The Morgan fingerprint density at radius 2 is 1.92 bits per heavy atom. The number of alkyl halides is 3. The van der Waals surface area contributed by atoms with Crippen molar-refractivity contribution in [2.75, 3.05) is 13.2 Å². The van der Waals surface area contributed by atoms with Gasteiger partial charge in [-0.3, -0.25) is 0 Å². The number of rotatable bonds is 5. The zero-order chi connectivity index (χ0) is 20.0. The van der Waals surface area contributed by atoms with Gasteiger partial charge in [0.15, 0.2) is 0 Å². The molecule has 0 spiro atoms. The van der Waals surface area contributed by atoms with Crippen LogP contribution in [0.25, 0.3) is 0 Å². The number of ether oxygens (including phenoxy) is 1. The van der Waals surface area contributed by atoms with Gasteiger partial charge in [-0.2, -0.15) is 13.2 Å². The van der Waals surface area contributed by atoms with Gasteiger partial charge in [0.1, 0.15) is 11.3 Å². The van der Waals surface area contributed by atoms with Crippen LogP contribution in [0, 0.1) is 10.8 Å². The highest BCUT2D eigenvalue weighted by Crippen LogP contribution is 2.56. The van der Waals surface area contributed by atoms with E-state index in [4.69, 9.17) is 4.74 Å². The molecule has 0 aromatic heterocycles. The number of hydrogen-bond acceptors (Lipinski definition) is 3. The summed E-state index contributed by atoms with van der Waals surface area (Å²) < 4.78 is 46.6. The molecule has 0 amide bonds. The van der Waals surface area contributed by atoms with Crippen LogP contribution in [0.15, 0.2) is 21.9 Å². The van der Waals surface area contributed by atoms with Gasteiger partial charge >= 0.3 is 6.18 Å². The van der Waals surface area contributed by atoms with Crippen molar-refractivity contribution in [2.45, 2.75) is 71.7 Å². The number of halogens is 4. The lowest BCUT2D eigenvalue weighted by molar-refractivity contribution is -0.0970. The van der Waals surface area contributed by atoms with Crippen molar-refractivity contribution in [3.63, 3.8) is 0 Å². The maximum absolute atomic E-state index is 13.6. The van der Waals surface area contributed by atoms with Crippen LogP contribution in [0.3, 0.4) is 0 Å². The largest absolute Gasteiger partial charge is 0.493 e. The average molecular weight is 440 g/mol. The highest BCUT2D eigenvalue weighted by atomic mass is 79.9. The monoisotopic (exact) mass is 439 g/mol. The van der Waals surface area contributed by atoms with Crippen LogP contribution < -0.4 is 5.32 Å². The van der Waals surface area contributed by atoms with E-state index in [1.165, 1.54) is 0 Å². The Hall–Kier alpha value is -0.530. The third-order valence-corrected chi connectivity index (χ3v) is 7.61. The fourth-order valence-corrected chi connectivity index (χ4v) is 4.41. The Kier molecular flexibility index (Phi) is 5.97. The minimum absolute atomic E-state index is 0.0177. The van der Waals surface area contributed by atoms with Crippen molar-refractivity contribution in [1.29, 1.82) is 0 Å². The third-order valence-electron chi connectivity index (χ3n) is 6.23. The Balaban J connectivity index is 2.12. The molecule has 2 atom stereocenters. The second-order valence-electron chi connectivity index (χ2n) is 8.52. The summed E-state index contributed by atoms with van der Waals surface area (Å²) in [5.74, 6) is -0.127. The summed E-state index contributed by atoms with van der Waals surface area (Å²) in [7, 11) is 0. The summed E-state index contributed by atoms with van der Waals surface area (Å²) in [6.45, 7) is 10.2. The van der Waals surface area contributed by atoms with Crippen LogP contribution in [0.5, 0.6) is 0 Å². The molecule has 1 aliphatic carbocycles. The molecule has 1 aliphatic heterocycles. The highest BCUT2D eigenvalue weighted by Gasteiger charge is 2.50. The molecule has 0 aromatic rings. The second-order valence-corrected chi connectivity index (χ2v) is 9.32. The molecule has 26 heavy (non-hydrogen) atoms. The molecule has 2 aliphatic rings. The minimum atomic E-state index is -4.50. The molecule has 3 nitrogen and oxygen atoms in total. The zero-order valence-electron chi connectivity index (χ0n) is 16.1. The normalized spacial score (nSPS) is 31.2. The quantitative estimate of drug-likeness (QED) is 0.588. The van der Waals surface area contributed by atoms with Crippen LogP contribution in [0.2, 0.25) is 0 Å². The number of aliphatic hydroxyl groups is 1. The van der Waals surface area contributed by atoms with Gasteiger partial charge in [0.25, 0.3) is 0 Å². The fourth-order valence-electron chi connectivity index (χ4n) is 3.48. The van der Waals surface area contributed by atoms with Crippen molar-refractivity contribution in [2.24, 2.45) is 10.8 Å². The predicted molar refractivity (Wildman–Crippen MR) is 99.9 cm³/mol. The van der Waals surface area contributed by atoms with Gasteiger partial charge in [-0.25, -0.2) is 0 Å². The lowest BCUT2D eigenvalue weighted by Gasteiger charge is -2.44. The summed E-state index contributed by atoms with van der Waals surface area (Å²) in [5.41, 5.74) is -2.76. The number of allylic oxidation sites excluding steroid dienone is 3. The maximum atomic E-state index is 13.6. The summed E-state index contributed by atoms with van der Waals surface area (Å²) in [6.07, 6.45) is -1.28. The standard InChI is InChI=1S/C19H29BrF3NO2/c1-12-18(25,8-9-24-12)7-6-10-26-13-11-16(2,3)17(4,5)15(20)14(13)19(21,22)23/h11-12,24-25H,6-10H2,1-5H3. The molecule has 2 unspecified atom stereocenters. The molecule has 0 bridgehead atoms. The van der Waals surface area contributed by atoms with Gasteiger partial charge in [-0.05, 0) is 44.2 Å².